The lowest BCUT2D eigenvalue weighted by Gasteiger charge is -2.31. The fourth-order valence-electron chi connectivity index (χ4n) is 3.18. The van der Waals surface area contributed by atoms with E-state index in [1.54, 1.807) is 0 Å². The maximum atomic E-state index is 12.6. The molecule has 2 N–H and O–H groups in total. The van der Waals surface area contributed by atoms with Crippen molar-refractivity contribution in [1.29, 1.82) is 0 Å². The van der Waals surface area contributed by atoms with Gasteiger partial charge in [-0.15, -0.1) is 0 Å². The highest BCUT2D eigenvalue weighted by Gasteiger charge is 2.25. The van der Waals surface area contributed by atoms with E-state index < -0.39 is 0 Å². The Morgan fingerprint density at radius 2 is 2.00 bits per heavy atom. The van der Waals surface area contributed by atoms with Crippen molar-refractivity contribution in [3.05, 3.63) is 48.0 Å². The Hall–Kier alpha value is -1.87. The van der Waals surface area contributed by atoms with Crippen LogP contribution in [0, 0.1) is 0 Å². The second-order valence-electron chi connectivity index (χ2n) is 6.33. The van der Waals surface area contributed by atoms with Crippen LogP contribution in [-0.4, -0.2) is 24.5 Å². The first kappa shape index (κ1) is 15.0. The molecule has 3 atom stereocenters. The Morgan fingerprint density at radius 1 is 1.23 bits per heavy atom. The molecule has 0 aliphatic carbocycles. The zero-order valence-electron chi connectivity index (χ0n) is 13.3. The van der Waals surface area contributed by atoms with E-state index in [1.165, 1.54) is 10.8 Å². The smallest absolute Gasteiger partial charge is 0.227 e. The third kappa shape index (κ3) is 3.14. The summed E-state index contributed by atoms with van der Waals surface area (Å²) >= 11 is 0. The van der Waals surface area contributed by atoms with E-state index in [2.05, 4.69) is 47.9 Å². The summed E-state index contributed by atoms with van der Waals surface area (Å²) < 4.78 is 0. The van der Waals surface area contributed by atoms with Crippen molar-refractivity contribution >= 4 is 16.7 Å². The third-order valence-electron chi connectivity index (χ3n) is 4.76. The molecule has 0 spiro atoms. The molecule has 0 saturated carbocycles. The van der Waals surface area contributed by atoms with Gasteiger partial charge in [0.2, 0.25) is 5.91 Å². The predicted molar refractivity (Wildman–Crippen MR) is 91.0 cm³/mol. The number of piperidine rings is 1. The molecule has 3 heteroatoms. The summed E-state index contributed by atoms with van der Waals surface area (Å²) in [6, 6.07) is 15.1. The second kappa shape index (κ2) is 6.49. The topological polar surface area (TPSA) is 41.1 Å². The summed E-state index contributed by atoms with van der Waals surface area (Å²) in [6.45, 7) is 5.18. The first-order valence-corrected chi connectivity index (χ1v) is 8.17. The molecule has 1 amide bonds. The van der Waals surface area contributed by atoms with Gasteiger partial charge in [-0.2, -0.15) is 0 Å². The molecule has 3 rings (SSSR count). The molecular formula is C19H24N2O. The van der Waals surface area contributed by atoms with Gasteiger partial charge in [0.05, 0.1) is 5.92 Å². The monoisotopic (exact) mass is 296 g/mol. The van der Waals surface area contributed by atoms with Gasteiger partial charge in [0, 0.05) is 12.1 Å². The SMILES string of the molecule is CC(C(=O)NC1CCCNC1C)c1ccc2ccccc2c1. The Morgan fingerprint density at radius 3 is 2.77 bits per heavy atom. The van der Waals surface area contributed by atoms with Crippen LogP contribution in [0.4, 0.5) is 0 Å². The van der Waals surface area contributed by atoms with Gasteiger partial charge in [0.25, 0.3) is 0 Å². The van der Waals surface area contributed by atoms with E-state index in [4.69, 9.17) is 0 Å². The number of fused-ring (bicyclic) bond motifs is 1. The highest BCUT2D eigenvalue weighted by molar-refractivity contribution is 5.87. The Labute approximate surface area is 132 Å². The molecule has 3 unspecified atom stereocenters. The number of hydrogen-bond acceptors (Lipinski definition) is 2. The van der Waals surface area contributed by atoms with Crippen molar-refractivity contribution < 1.29 is 4.79 Å². The predicted octanol–water partition coefficient (Wildman–Crippen LogP) is 3.20. The molecule has 0 radical (unpaired) electrons. The average Bonchev–Trinajstić information content (AvgIpc) is 2.55. The second-order valence-corrected chi connectivity index (χ2v) is 6.33. The van der Waals surface area contributed by atoms with Crippen LogP contribution in [0.25, 0.3) is 10.8 Å². The zero-order valence-corrected chi connectivity index (χ0v) is 13.3. The Bertz CT molecular complexity index is 667. The molecule has 1 aliphatic rings. The summed E-state index contributed by atoms with van der Waals surface area (Å²) in [5, 5.41) is 9.04. The molecule has 1 fully saturated rings. The quantitative estimate of drug-likeness (QED) is 0.913. The normalized spacial score (nSPS) is 23.2. The van der Waals surface area contributed by atoms with Gasteiger partial charge >= 0.3 is 0 Å². The van der Waals surface area contributed by atoms with Crippen molar-refractivity contribution in [2.75, 3.05) is 6.54 Å². The first-order chi connectivity index (χ1) is 10.6. The summed E-state index contributed by atoms with van der Waals surface area (Å²) in [7, 11) is 0. The highest BCUT2D eigenvalue weighted by Crippen LogP contribution is 2.22. The number of hydrogen-bond donors (Lipinski definition) is 2. The summed E-state index contributed by atoms with van der Waals surface area (Å²) in [4.78, 5) is 12.6. The van der Waals surface area contributed by atoms with Crippen LogP contribution in [0.5, 0.6) is 0 Å². The van der Waals surface area contributed by atoms with Gasteiger partial charge in [-0.25, -0.2) is 0 Å². The highest BCUT2D eigenvalue weighted by atomic mass is 16.1. The van der Waals surface area contributed by atoms with E-state index in [0.717, 1.165) is 24.9 Å². The largest absolute Gasteiger partial charge is 0.351 e. The molecule has 3 nitrogen and oxygen atoms in total. The summed E-state index contributed by atoms with van der Waals surface area (Å²) in [6.07, 6.45) is 2.18. The molecule has 0 aromatic heterocycles. The van der Waals surface area contributed by atoms with E-state index in [1.807, 2.05) is 19.1 Å². The minimum Gasteiger partial charge on any atom is -0.351 e. The van der Waals surface area contributed by atoms with Gasteiger partial charge in [-0.3, -0.25) is 4.79 Å². The van der Waals surface area contributed by atoms with Crippen molar-refractivity contribution in [3.8, 4) is 0 Å². The number of carbonyl (C=O) groups excluding carboxylic acids is 1. The van der Waals surface area contributed by atoms with E-state index in [9.17, 15) is 4.79 Å². The molecular weight excluding hydrogens is 272 g/mol. The Kier molecular flexibility index (Phi) is 4.44. The number of benzene rings is 2. The maximum absolute atomic E-state index is 12.6. The molecule has 0 bridgehead atoms. The van der Waals surface area contributed by atoms with Crippen LogP contribution in [-0.2, 0) is 4.79 Å². The van der Waals surface area contributed by atoms with Gasteiger partial charge in [0.15, 0.2) is 0 Å². The Balaban J connectivity index is 1.73. The lowest BCUT2D eigenvalue weighted by atomic mass is 9.95. The van der Waals surface area contributed by atoms with Crippen molar-refractivity contribution in [1.82, 2.24) is 10.6 Å². The lowest BCUT2D eigenvalue weighted by Crippen LogP contribution is -2.52. The fraction of sp³-hybridized carbons (Fsp3) is 0.421. The van der Waals surface area contributed by atoms with Crippen LogP contribution in [0.1, 0.15) is 38.2 Å². The standard InChI is InChI=1S/C19H24N2O/c1-13(19(22)21-18-8-5-11-20-14(18)2)16-10-9-15-6-3-4-7-17(15)12-16/h3-4,6-7,9-10,12-14,18,20H,5,8,11H2,1-2H3,(H,21,22). The van der Waals surface area contributed by atoms with E-state index in [-0.39, 0.29) is 17.9 Å². The molecule has 2 aromatic carbocycles. The van der Waals surface area contributed by atoms with Crippen LogP contribution < -0.4 is 10.6 Å². The first-order valence-electron chi connectivity index (χ1n) is 8.17. The van der Waals surface area contributed by atoms with Gasteiger partial charge in [-0.1, -0.05) is 42.5 Å². The number of carbonyl (C=O) groups is 1. The van der Waals surface area contributed by atoms with Crippen LogP contribution >= 0.6 is 0 Å². The molecule has 116 valence electrons. The van der Waals surface area contributed by atoms with Crippen LogP contribution in [0.2, 0.25) is 0 Å². The summed E-state index contributed by atoms with van der Waals surface area (Å²) in [5.74, 6) is -0.00503. The minimum absolute atomic E-state index is 0.121. The van der Waals surface area contributed by atoms with Gasteiger partial charge in [-0.05, 0) is 49.6 Å². The molecule has 1 saturated heterocycles. The average molecular weight is 296 g/mol. The van der Waals surface area contributed by atoms with E-state index in [0.29, 0.717) is 6.04 Å². The summed E-state index contributed by atoms with van der Waals surface area (Å²) in [5.41, 5.74) is 1.08. The third-order valence-corrected chi connectivity index (χ3v) is 4.76. The van der Waals surface area contributed by atoms with Gasteiger partial charge < -0.3 is 10.6 Å². The molecule has 2 aromatic rings. The molecule has 22 heavy (non-hydrogen) atoms. The molecule has 1 heterocycles. The van der Waals surface area contributed by atoms with Crippen LogP contribution in [0.15, 0.2) is 42.5 Å². The molecule has 1 aliphatic heterocycles. The van der Waals surface area contributed by atoms with Crippen molar-refractivity contribution in [3.63, 3.8) is 0 Å². The lowest BCUT2D eigenvalue weighted by molar-refractivity contribution is -0.123. The maximum Gasteiger partial charge on any atom is 0.227 e. The van der Waals surface area contributed by atoms with Crippen LogP contribution in [0.3, 0.4) is 0 Å². The van der Waals surface area contributed by atoms with Crippen molar-refractivity contribution in [2.24, 2.45) is 0 Å². The minimum atomic E-state index is -0.126. The van der Waals surface area contributed by atoms with Crippen molar-refractivity contribution in [2.45, 2.75) is 44.7 Å². The number of nitrogens with one attached hydrogen (secondary N) is 2. The zero-order chi connectivity index (χ0) is 15.5. The number of rotatable bonds is 3. The van der Waals surface area contributed by atoms with E-state index >= 15 is 0 Å². The van der Waals surface area contributed by atoms with Gasteiger partial charge in [0.1, 0.15) is 0 Å². The number of amides is 1. The fourth-order valence-corrected chi connectivity index (χ4v) is 3.18.